The summed E-state index contributed by atoms with van der Waals surface area (Å²) in [5, 5.41) is 3.07. The molecule has 4 aliphatic rings. The second-order valence-corrected chi connectivity index (χ2v) is 10.3. The number of nitrogens with one attached hydrogen (secondary N) is 1. The van der Waals surface area contributed by atoms with Crippen molar-refractivity contribution in [2.24, 2.45) is 5.41 Å². The van der Waals surface area contributed by atoms with Gasteiger partial charge in [-0.2, -0.15) is 0 Å². The van der Waals surface area contributed by atoms with Crippen LogP contribution in [0.3, 0.4) is 0 Å². The van der Waals surface area contributed by atoms with E-state index in [0.717, 1.165) is 28.7 Å². The van der Waals surface area contributed by atoms with Crippen LogP contribution in [0.25, 0.3) is 5.76 Å². The number of carbonyl (C=O) groups is 2. The van der Waals surface area contributed by atoms with E-state index in [-0.39, 0.29) is 31.1 Å². The number of esters is 1. The number of likely N-dealkylation sites (tertiary alicyclic amines) is 2. The van der Waals surface area contributed by atoms with Gasteiger partial charge >= 0.3 is 5.97 Å². The molecule has 194 valence electrons. The molecule has 1 spiro atoms. The molecule has 0 saturated carbocycles. The average molecular weight is 502 g/mol. The number of cyclic esters (lactones) is 1. The summed E-state index contributed by atoms with van der Waals surface area (Å²) in [5.41, 5.74) is 4.86. The predicted molar refractivity (Wildman–Crippen MR) is 130 cm³/mol. The van der Waals surface area contributed by atoms with Gasteiger partial charge in [0.05, 0.1) is 23.2 Å². The molecule has 1 amide bonds. The van der Waals surface area contributed by atoms with Crippen LogP contribution in [-0.2, 0) is 25.7 Å². The van der Waals surface area contributed by atoms with E-state index >= 15 is 0 Å². The minimum Gasteiger partial charge on any atom is -0.489 e. The first kappa shape index (κ1) is 24.9. The monoisotopic (exact) mass is 501 g/mol. The molecule has 2 fully saturated rings. The van der Waals surface area contributed by atoms with Crippen LogP contribution >= 0.6 is 0 Å². The normalized spacial score (nSPS) is 22.6. The summed E-state index contributed by atoms with van der Waals surface area (Å²) in [7, 11) is 0. The Balaban J connectivity index is 1.28. The van der Waals surface area contributed by atoms with Crippen LogP contribution in [0.2, 0.25) is 0 Å². The highest BCUT2D eigenvalue weighted by atomic mass is 19.3. The Morgan fingerprint density at radius 2 is 1.81 bits per heavy atom. The Morgan fingerprint density at radius 1 is 1.08 bits per heavy atom. The number of nitrogens with zero attached hydrogens (tertiary/aromatic N) is 2. The number of ether oxygens (including phenoxy) is 2. The zero-order valence-corrected chi connectivity index (χ0v) is 20.9. The zero-order valence-electron chi connectivity index (χ0n) is 20.9. The van der Waals surface area contributed by atoms with Gasteiger partial charge in [-0.25, -0.2) is 13.6 Å². The van der Waals surface area contributed by atoms with E-state index in [1.807, 2.05) is 19.1 Å². The van der Waals surface area contributed by atoms with Gasteiger partial charge in [0.1, 0.15) is 19.0 Å². The van der Waals surface area contributed by atoms with Crippen LogP contribution in [0.4, 0.5) is 8.78 Å². The molecule has 1 aromatic carbocycles. The molecule has 4 heterocycles. The molecule has 0 bridgehead atoms. The van der Waals surface area contributed by atoms with Gasteiger partial charge < -0.3 is 24.6 Å². The van der Waals surface area contributed by atoms with Crippen molar-refractivity contribution in [2.75, 3.05) is 39.3 Å². The molecule has 4 aliphatic heterocycles. The fourth-order valence-corrected chi connectivity index (χ4v) is 6.05. The molecule has 36 heavy (non-hydrogen) atoms. The van der Waals surface area contributed by atoms with Crippen LogP contribution in [-0.4, -0.2) is 67.4 Å². The van der Waals surface area contributed by atoms with Gasteiger partial charge in [-0.15, -0.1) is 0 Å². The minimum atomic E-state index is -2.44. The number of fused-ring (bicyclic) bond motifs is 1. The van der Waals surface area contributed by atoms with E-state index in [1.54, 1.807) is 11.8 Å². The van der Waals surface area contributed by atoms with E-state index in [1.165, 1.54) is 0 Å². The van der Waals surface area contributed by atoms with Crippen molar-refractivity contribution in [3.8, 4) is 0 Å². The fraction of sp³-hybridized carbons (Fsp3) is 0.556. The molecule has 1 unspecified atom stereocenters. The fourth-order valence-electron chi connectivity index (χ4n) is 6.05. The maximum atomic E-state index is 13.4. The molecule has 0 aromatic heterocycles. The van der Waals surface area contributed by atoms with Gasteiger partial charge in [0, 0.05) is 30.3 Å². The first-order chi connectivity index (χ1) is 17.2. The molecule has 0 aliphatic carbocycles. The van der Waals surface area contributed by atoms with Gasteiger partial charge in [-0.3, -0.25) is 4.79 Å². The molecule has 0 radical (unpaired) electrons. The first-order valence-electron chi connectivity index (χ1n) is 12.6. The van der Waals surface area contributed by atoms with Crippen molar-refractivity contribution in [2.45, 2.75) is 52.2 Å². The number of piperidine rings is 1. The van der Waals surface area contributed by atoms with Gasteiger partial charge in [-0.1, -0.05) is 18.7 Å². The second kappa shape index (κ2) is 9.59. The molecule has 1 atom stereocenters. The van der Waals surface area contributed by atoms with Crippen molar-refractivity contribution in [3.63, 3.8) is 0 Å². The predicted octanol–water partition coefficient (Wildman–Crippen LogP) is 3.54. The Hall–Kier alpha value is -2.78. The molecular formula is C27H33F2N3O4. The summed E-state index contributed by atoms with van der Waals surface area (Å²) in [6.07, 6.45) is -0.267. The maximum absolute atomic E-state index is 13.4. The van der Waals surface area contributed by atoms with Crippen LogP contribution in [0.15, 0.2) is 30.0 Å². The number of rotatable bonds is 7. The third kappa shape index (κ3) is 4.32. The van der Waals surface area contributed by atoms with E-state index in [9.17, 15) is 18.4 Å². The number of hydrogen-bond acceptors (Lipinski definition) is 6. The quantitative estimate of drug-likeness (QED) is 0.577. The summed E-state index contributed by atoms with van der Waals surface area (Å²) in [5.74, 6) is 0.373. The number of hydrogen-bond donors (Lipinski definition) is 1. The topological polar surface area (TPSA) is 71.1 Å². The van der Waals surface area contributed by atoms with Crippen LogP contribution < -0.4 is 5.32 Å². The van der Waals surface area contributed by atoms with Crippen molar-refractivity contribution >= 4 is 17.6 Å². The van der Waals surface area contributed by atoms with E-state index in [0.29, 0.717) is 62.7 Å². The van der Waals surface area contributed by atoms with Crippen molar-refractivity contribution in [1.82, 2.24) is 15.1 Å². The summed E-state index contributed by atoms with van der Waals surface area (Å²) in [6, 6.07) is 3.69. The standard InChI is InChI=1S/C27H33F2N3O4/c1-16-19(4-5-20-18(3)35-14-21(16)20)22(30-12-24(28)29)13-31-9-6-27(7-10-31)8-11-32(26(27)34)23-15-36-25(33)17(23)2/h4-5,22,24,30H,3,6-15H2,1-2H3. The Labute approximate surface area is 210 Å². The third-order valence-electron chi connectivity index (χ3n) is 8.40. The van der Waals surface area contributed by atoms with E-state index in [2.05, 4.69) is 16.8 Å². The summed E-state index contributed by atoms with van der Waals surface area (Å²) in [4.78, 5) is 29.2. The summed E-state index contributed by atoms with van der Waals surface area (Å²) in [6.45, 7) is 10.5. The van der Waals surface area contributed by atoms with Crippen molar-refractivity contribution in [1.29, 1.82) is 0 Å². The Morgan fingerprint density at radius 3 is 2.47 bits per heavy atom. The van der Waals surface area contributed by atoms with E-state index < -0.39 is 11.8 Å². The van der Waals surface area contributed by atoms with Crippen LogP contribution in [0, 0.1) is 12.3 Å². The average Bonchev–Trinajstić information content (AvgIpc) is 3.50. The largest absolute Gasteiger partial charge is 0.489 e. The lowest BCUT2D eigenvalue weighted by atomic mass is 9.77. The SMILES string of the molecule is C=C1OCc2c1ccc(C(CN1CCC3(CC1)CCN(C1=C(C)C(=O)OC1)C3=O)NCC(F)F)c2C. The van der Waals surface area contributed by atoms with Gasteiger partial charge in [-0.05, 0) is 57.3 Å². The molecule has 9 heteroatoms. The molecule has 1 aromatic rings. The third-order valence-corrected chi connectivity index (χ3v) is 8.40. The van der Waals surface area contributed by atoms with Crippen molar-refractivity contribution in [3.05, 3.63) is 52.2 Å². The number of carbonyl (C=O) groups excluding carboxylic acids is 2. The highest BCUT2D eigenvalue weighted by Crippen LogP contribution is 2.44. The lowest BCUT2D eigenvalue weighted by Gasteiger charge is -2.39. The molecule has 7 nitrogen and oxygen atoms in total. The van der Waals surface area contributed by atoms with E-state index in [4.69, 9.17) is 9.47 Å². The van der Waals surface area contributed by atoms with Crippen molar-refractivity contribution < 1.29 is 27.8 Å². The highest BCUT2D eigenvalue weighted by molar-refractivity contribution is 5.94. The van der Waals surface area contributed by atoms with Gasteiger partial charge in [0.2, 0.25) is 5.91 Å². The van der Waals surface area contributed by atoms with Crippen LogP contribution in [0.5, 0.6) is 0 Å². The molecule has 1 N–H and O–H groups in total. The summed E-state index contributed by atoms with van der Waals surface area (Å²) >= 11 is 0. The number of halogens is 2. The second-order valence-electron chi connectivity index (χ2n) is 10.3. The number of amides is 1. The Kier molecular flexibility index (Phi) is 6.63. The van der Waals surface area contributed by atoms with Crippen LogP contribution in [0.1, 0.15) is 54.5 Å². The molecular weight excluding hydrogens is 468 g/mol. The van der Waals surface area contributed by atoms with Gasteiger partial charge in [0.15, 0.2) is 0 Å². The van der Waals surface area contributed by atoms with Gasteiger partial charge in [0.25, 0.3) is 6.43 Å². The highest BCUT2D eigenvalue weighted by Gasteiger charge is 2.50. The zero-order chi connectivity index (χ0) is 25.6. The number of alkyl halides is 2. The Bertz CT molecular complexity index is 1120. The lowest BCUT2D eigenvalue weighted by Crippen LogP contribution is -2.47. The lowest BCUT2D eigenvalue weighted by molar-refractivity contribution is -0.138. The first-order valence-corrected chi connectivity index (χ1v) is 12.6. The smallest absolute Gasteiger partial charge is 0.336 e. The summed E-state index contributed by atoms with van der Waals surface area (Å²) < 4.78 is 37.0. The molecule has 2 saturated heterocycles. The maximum Gasteiger partial charge on any atom is 0.336 e. The molecule has 5 rings (SSSR count). The number of benzene rings is 1. The minimum absolute atomic E-state index is 0.0804.